The molecule has 92 valence electrons. The van der Waals surface area contributed by atoms with Crippen molar-refractivity contribution >= 4 is 11.3 Å². The van der Waals surface area contributed by atoms with Crippen LogP contribution < -0.4 is 11.3 Å². The van der Waals surface area contributed by atoms with Crippen LogP contribution in [0, 0.1) is 6.92 Å². The lowest BCUT2D eigenvalue weighted by Crippen LogP contribution is -2.37. The molecule has 0 radical (unpaired) electrons. The zero-order valence-electron chi connectivity index (χ0n) is 10.0. The number of hydrazine groups is 1. The lowest BCUT2D eigenvalue weighted by Gasteiger charge is -2.14. The maximum atomic E-state index is 5.51. The minimum Gasteiger partial charge on any atom is -0.381 e. The summed E-state index contributed by atoms with van der Waals surface area (Å²) in [5.41, 5.74) is 3.93. The van der Waals surface area contributed by atoms with Gasteiger partial charge in [-0.3, -0.25) is 11.3 Å². The largest absolute Gasteiger partial charge is 0.381 e. The monoisotopic (exact) mass is 243 g/mol. The number of nitrogens with two attached hydrogens (primary N) is 1. The van der Waals surface area contributed by atoms with Gasteiger partial charge < -0.3 is 4.74 Å². The van der Waals surface area contributed by atoms with E-state index in [0.717, 1.165) is 43.2 Å². The number of rotatable bonds is 8. The third kappa shape index (κ3) is 5.03. The van der Waals surface area contributed by atoms with Crippen molar-refractivity contribution in [2.75, 3.05) is 13.2 Å². The van der Waals surface area contributed by atoms with Gasteiger partial charge in [-0.15, -0.1) is 11.3 Å². The second kappa shape index (κ2) is 7.73. The first-order valence-electron chi connectivity index (χ1n) is 5.71. The molecule has 1 unspecified atom stereocenters. The summed E-state index contributed by atoms with van der Waals surface area (Å²) in [6.45, 7) is 5.71. The number of hydrogen-bond acceptors (Lipinski definition) is 5. The van der Waals surface area contributed by atoms with Crippen LogP contribution in [-0.4, -0.2) is 24.2 Å². The van der Waals surface area contributed by atoms with Gasteiger partial charge in [0.2, 0.25) is 0 Å². The van der Waals surface area contributed by atoms with Crippen LogP contribution in [0.1, 0.15) is 30.5 Å². The number of nitrogens with zero attached hydrogens (tertiary/aromatic N) is 1. The molecule has 1 rings (SSSR count). The molecule has 0 aromatic carbocycles. The maximum Gasteiger partial charge on any atom is 0.0897 e. The standard InChI is InChI=1S/C11H21N3OS/c1-3-5-15-6-4-10(14-12)7-11-8-16-9(2)13-11/h8,10,14H,3-7,12H2,1-2H3. The Morgan fingerprint density at radius 2 is 2.38 bits per heavy atom. The average Bonchev–Trinajstić information content (AvgIpc) is 2.68. The molecule has 0 aliphatic heterocycles. The first-order valence-corrected chi connectivity index (χ1v) is 6.59. The van der Waals surface area contributed by atoms with Gasteiger partial charge in [0.1, 0.15) is 0 Å². The predicted molar refractivity (Wildman–Crippen MR) is 67.4 cm³/mol. The fraction of sp³-hybridized carbons (Fsp3) is 0.727. The van der Waals surface area contributed by atoms with Crippen LogP contribution in [-0.2, 0) is 11.2 Å². The van der Waals surface area contributed by atoms with Gasteiger partial charge in [0, 0.05) is 31.1 Å². The quantitative estimate of drug-likeness (QED) is 0.414. The highest BCUT2D eigenvalue weighted by Crippen LogP contribution is 2.10. The van der Waals surface area contributed by atoms with Gasteiger partial charge in [-0.25, -0.2) is 4.98 Å². The lowest BCUT2D eigenvalue weighted by atomic mass is 10.1. The summed E-state index contributed by atoms with van der Waals surface area (Å²) in [5.74, 6) is 5.51. The topological polar surface area (TPSA) is 60.2 Å². The molecule has 16 heavy (non-hydrogen) atoms. The molecule has 0 amide bonds. The number of aryl methyl sites for hydroxylation is 1. The van der Waals surface area contributed by atoms with Gasteiger partial charge in [-0.2, -0.15) is 0 Å². The maximum absolute atomic E-state index is 5.51. The molecule has 0 fully saturated rings. The van der Waals surface area contributed by atoms with E-state index in [1.165, 1.54) is 0 Å². The molecule has 1 aromatic rings. The summed E-state index contributed by atoms with van der Waals surface area (Å²) in [6, 6.07) is 0.248. The normalized spacial score (nSPS) is 12.9. The Kier molecular flexibility index (Phi) is 6.56. The van der Waals surface area contributed by atoms with Crippen LogP contribution in [0.5, 0.6) is 0 Å². The fourth-order valence-electron chi connectivity index (χ4n) is 1.47. The lowest BCUT2D eigenvalue weighted by molar-refractivity contribution is 0.124. The Bertz CT molecular complexity index is 291. The second-order valence-electron chi connectivity index (χ2n) is 3.83. The molecule has 5 heteroatoms. The van der Waals surface area contributed by atoms with Gasteiger partial charge >= 0.3 is 0 Å². The van der Waals surface area contributed by atoms with Crippen molar-refractivity contribution in [3.63, 3.8) is 0 Å². The van der Waals surface area contributed by atoms with Crippen LogP contribution in [0.15, 0.2) is 5.38 Å². The molecule has 0 aliphatic carbocycles. The highest BCUT2D eigenvalue weighted by molar-refractivity contribution is 7.09. The molecule has 1 heterocycles. The summed E-state index contributed by atoms with van der Waals surface area (Å²) < 4.78 is 5.44. The molecule has 1 atom stereocenters. The Labute approximate surface area is 101 Å². The van der Waals surface area contributed by atoms with E-state index in [-0.39, 0.29) is 6.04 Å². The van der Waals surface area contributed by atoms with E-state index in [9.17, 15) is 0 Å². The number of ether oxygens (including phenoxy) is 1. The van der Waals surface area contributed by atoms with Gasteiger partial charge in [-0.05, 0) is 19.8 Å². The molecule has 4 nitrogen and oxygen atoms in total. The van der Waals surface area contributed by atoms with Crippen LogP contribution in [0.2, 0.25) is 0 Å². The molecule has 1 aromatic heterocycles. The van der Waals surface area contributed by atoms with Crippen molar-refractivity contribution in [3.05, 3.63) is 16.1 Å². The van der Waals surface area contributed by atoms with Crippen molar-refractivity contribution in [1.29, 1.82) is 0 Å². The summed E-state index contributed by atoms with van der Waals surface area (Å²) in [7, 11) is 0. The third-order valence-corrected chi connectivity index (χ3v) is 3.14. The van der Waals surface area contributed by atoms with Crippen LogP contribution in [0.25, 0.3) is 0 Å². The van der Waals surface area contributed by atoms with Crippen molar-refractivity contribution in [2.24, 2.45) is 5.84 Å². The molecular formula is C11H21N3OS. The van der Waals surface area contributed by atoms with Crippen molar-refractivity contribution < 1.29 is 4.74 Å². The Hall–Kier alpha value is -0.490. The van der Waals surface area contributed by atoms with Gasteiger partial charge in [-0.1, -0.05) is 6.92 Å². The summed E-state index contributed by atoms with van der Waals surface area (Å²) in [6.07, 6.45) is 2.86. The number of nitrogens with one attached hydrogen (secondary N) is 1. The summed E-state index contributed by atoms with van der Waals surface area (Å²) >= 11 is 1.68. The SMILES string of the molecule is CCCOCCC(Cc1csc(C)n1)NN. The molecule has 0 bridgehead atoms. The Morgan fingerprint density at radius 1 is 1.56 bits per heavy atom. The van der Waals surface area contributed by atoms with E-state index in [0.29, 0.717) is 0 Å². The number of hydrogen-bond donors (Lipinski definition) is 2. The van der Waals surface area contributed by atoms with Crippen LogP contribution in [0.4, 0.5) is 0 Å². The van der Waals surface area contributed by atoms with Crippen molar-refractivity contribution in [2.45, 2.75) is 39.2 Å². The molecule has 0 aliphatic rings. The first kappa shape index (κ1) is 13.6. The van der Waals surface area contributed by atoms with Gasteiger partial charge in [0.25, 0.3) is 0 Å². The minimum atomic E-state index is 0.248. The van der Waals surface area contributed by atoms with Gasteiger partial charge in [0.15, 0.2) is 0 Å². The highest BCUT2D eigenvalue weighted by atomic mass is 32.1. The Balaban J connectivity index is 2.26. The predicted octanol–water partition coefficient (Wildman–Crippen LogP) is 1.64. The fourth-order valence-corrected chi connectivity index (χ4v) is 2.10. The summed E-state index contributed by atoms with van der Waals surface area (Å²) in [5, 5.41) is 3.19. The zero-order chi connectivity index (χ0) is 11.8. The van der Waals surface area contributed by atoms with E-state index in [1.54, 1.807) is 11.3 Å². The van der Waals surface area contributed by atoms with Crippen molar-refractivity contribution in [3.8, 4) is 0 Å². The third-order valence-electron chi connectivity index (χ3n) is 2.32. The molecule has 0 saturated heterocycles. The first-order chi connectivity index (χ1) is 7.76. The molecule has 3 N–H and O–H groups in total. The smallest absolute Gasteiger partial charge is 0.0897 e. The highest BCUT2D eigenvalue weighted by Gasteiger charge is 2.09. The van der Waals surface area contributed by atoms with E-state index < -0.39 is 0 Å². The Morgan fingerprint density at radius 3 is 2.94 bits per heavy atom. The van der Waals surface area contributed by atoms with Crippen molar-refractivity contribution in [1.82, 2.24) is 10.4 Å². The van der Waals surface area contributed by atoms with Crippen LogP contribution in [0.3, 0.4) is 0 Å². The zero-order valence-corrected chi connectivity index (χ0v) is 10.8. The van der Waals surface area contributed by atoms with Gasteiger partial charge in [0.05, 0.1) is 10.7 Å². The van der Waals surface area contributed by atoms with E-state index in [2.05, 4.69) is 22.7 Å². The van der Waals surface area contributed by atoms with Crippen LogP contribution >= 0.6 is 11.3 Å². The molecule has 0 spiro atoms. The summed E-state index contributed by atoms with van der Waals surface area (Å²) in [4.78, 5) is 4.42. The van der Waals surface area contributed by atoms with E-state index >= 15 is 0 Å². The molecule has 0 saturated carbocycles. The number of aromatic nitrogens is 1. The second-order valence-corrected chi connectivity index (χ2v) is 4.89. The molecular weight excluding hydrogens is 222 g/mol. The van der Waals surface area contributed by atoms with E-state index in [4.69, 9.17) is 10.6 Å². The van der Waals surface area contributed by atoms with E-state index in [1.807, 2.05) is 6.92 Å². The minimum absolute atomic E-state index is 0.248. The number of thiazole rings is 1. The average molecular weight is 243 g/mol.